The zero-order valence-corrected chi connectivity index (χ0v) is 14.3. The normalized spacial score (nSPS) is 12.7. The summed E-state index contributed by atoms with van der Waals surface area (Å²) in [6.45, 7) is 8.29. The highest BCUT2D eigenvalue weighted by Crippen LogP contribution is 2.23. The molecule has 1 heterocycles. The molecule has 0 fully saturated rings. The number of carbonyl (C=O) groups excluding carboxylic acids is 1. The molecule has 1 N–H and O–H groups in total. The summed E-state index contributed by atoms with van der Waals surface area (Å²) in [7, 11) is 0. The van der Waals surface area contributed by atoms with Crippen LogP contribution in [0, 0.1) is 10.1 Å². The number of carbonyl (C=O) groups is 1. The van der Waals surface area contributed by atoms with Crippen LogP contribution in [0.25, 0.3) is 0 Å². The monoisotopic (exact) mass is 330 g/mol. The minimum Gasteiger partial charge on any atom is -0.348 e. The summed E-state index contributed by atoms with van der Waals surface area (Å²) in [4.78, 5) is 22.1. The van der Waals surface area contributed by atoms with E-state index in [4.69, 9.17) is 0 Å². The third kappa shape index (κ3) is 4.41. The van der Waals surface area contributed by atoms with E-state index in [0.717, 1.165) is 11.8 Å². The number of hydrogen-bond acceptors (Lipinski definition) is 4. The number of amides is 1. The summed E-state index contributed by atoms with van der Waals surface area (Å²) in [5.74, 6) is -0.250. The molecule has 0 aliphatic carbocycles. The van der Waals surface area contributed by atoms with E-state index in [9.17, 15) is 14.9 Å². The molecule has 1 aromatic heterocycles. The van der Waals surface area contributed by atoms with Gasteiger partial charge in [-0.2, -0.15) is 5.10 Å². The largest absolute Gasteiger partial charge is 0.348 e. The quantitative estimate of drug-likeness (QED) is 0.674. The lowest BCUT2D eigenvalue weighted by atomic mass is 9.86. The van der Waals surface area contributed by atoms with E-state index in [0.29, 0.717) is 0 Å². The predicted molar refractivity (Wildman–Crippen MR) is 90.6 cm³/mol. The third-order valence-electron chi connectivity index (χ3n) is 3.79. The highest BCUT2D eigenvalue weighted by Gasteiger charge is 2.16. The smallest absolute Gasteiger partial charge is 0.307 e. The number of nitrogens with one attached hydrogen (secondary N) is 1. The SMILES string of the molecule is C[C@@H](NC(=O)Cn1cc([N+](=O)[O-])cn1)c1ccc(C(C)(C)C)cc1. The van der Waals surface area contributed by atoms with Crippen molar-refractivity contribution in [2.24, 2.45) is 0 Å². The van der Waals surface area contributed by atoms with Gasteiger partial charge in [0.2, 0.25) is 5.91 Å². The first-order valence-corrected chi connectivity index (χ1v) is 7.73. The fraction of sp³-hybridized carbons (Fsp3) is 0.412. The molecule has 0 saturated carbocycles. The molecule has 7 heteroatoms. The van der Waals surface area contributed by atoms with Crippen molar-refractivity contribution in [3.63, 3.8) is 0 Å². The van der Waals surface area contributed by atoms with Crippen LogP contribution in [0.4, 0.5) is 5.69 Å². The fourth-order valence-corrected chi connectivity index (χ4v) is 2.32. The van der Waals surface area contributed by atoms with Gasteiger partial charge in [0.1, 0.15) is 18.9 Å². The zero-order valence-electron chi connectivity index (χ0n) is 14.3. The summed E-state index contributed by atoms with van der Waals surface area (Å²) in [6, 6.07) is 7.98. The number of rotatable bonds is 5. The zero-order chi connectivity index (χ0) is 17.9. The van der Waals surface area contributed by atoms with Crippen molar-refractivity contribution >= 4 is 11.6 Å². The molecule has 1 aromatic carbocycles. The summed E-state index contributed by atoms with van der Waals surface area (Å²) in [5, 5.41) is 17.3. The van der Waals surface area contributed by atoms with Gasteiger partial charge >= 0.3 is 5.69 Å². The van der Waals surface area contributed by atoms with E-state index >= 15 is 0 Å². The van der Waals surface area contributed by atoms with Crippen molar-refractivity contribution in [3.05, 3.63) is 57.9 Å². The molecule has 24 heavy (non-hydrogen) atoms. The Morgan fingerprint density at radius 2 is 1.96 bits per heavy atom. The minimum absolute atomic E-state index is 0.0573. The number of aromatic nitrogens is 2. The maximum atomic E-state index is 12.1. The molecule has 1 atom stereocenters. The lowest BCUT2D eigenvalue weighted by molar-refractivity contribution is -0.385. The van der Waals surface area contributed by atoms with Gasteiger partial charge < -0.3 is 5.32 Å². The maximum absolute atomic E-state index is 12.1. The van der Waals surface area contributed by atoms with Crippen molar-refractivity contribution in [2.45, 2.75) is 45.7 Å². The third-order valence-corrected chi connectivity index (χ3v) is 3.79. The van der Waals surface area contributed by atoms with E-state index in [1.165, 1.54) is 16.4 Å². The number of nitro groups is 1. The van der Waals surface area contributed by atoms with Crippen molar-refractivity contribution in [1.82, 2.24) is 15.1 Å². The van der Waals surface area contributed by atoms with E-state index in [2.05, 4.69) is 43.3 Å². The Morgan fingerprint density at radius 1 is 1.33 bits per heavy atom. The average Bonchev–Trinajstić information content (AvgIpc) is 2.95. The highest BCUT2D eigenvalue weighted by molar-refractivity contribution is 5.76. The van der Waals surface area contributed by atoms with E-state index in [1.807, 2.05) is 19.1 Å². The van der Waals surface area contributed by atoms with Gasteiger partial charge in [0.25, 0.3) is 0 Å². The van der Waals surface area contributed by atoms with E-state index in [1.54, 1.807) is 0 Å². The van der Waals surface area contributed by atoms with Gasteiger partial charge in [0.15, 0.2) is 0 Å². The van der Waals surface area contributed by atoms with E-state index in [-0.39, 0.29) is 29.6 Å². The van der Waals surface area contributed by atoms with Crippen molar-refractivity contribution in [3.8, 4) is 0 Å². The molecule has 128 valence electrons. The fourth-order valence-electron chi connectivity index (χ4n) is 2.32. The summed E-state index contributed by atoms with van der Waals surface area (Å²) in [6.07, 6.45) is 2.37. The Balaban J connectivity index is 1.96. The molecule has 0 saturated heterocycles. The molecular weight excluding hydrogens is 308 g/mol. The number of hydrogen-bond donors (Lipinski definition) is 1. The van der Waals surface area contributed by atoms with Crippen LogP contribution in [-0.2, 0) is 16.8 Å². The molecule has 1 amide bonds. The second-order valence-corrected chi connectivity index (χ2v) is 6.81. The summed E-state index contributed by atoms with van der Waals surface area (Å²) in [5.41, 5.74) is 2.19. The van der Waals surface area contributed by atoms with Gasteiger partial charge in [-0.3, -0.25) is 19.6 Å². The Hall–Kier alpha value is -2.70. The van der Waals surface area contributed by atoms with Crippen LogP contribution >= 0.6 is 0 Å². The molecule has 0 aliphatic rings. The first-order valence-electron chi connectivity index (χ1n) is 7.73. The molecule has 7 nitrogen and oxygen atoms in total. The molecule has 0 unspecified atom stereocenters. The molecule has 0 radical (unpaired) electrons. The topological polar surface area (TPSA) is 90.1 Å². The predicted octanol–water partition coefficient (Wildman–Crippen LogP) is 2.97. The first-order chi connectivity index (χ1) is 11.2. The average molecular weight is 330 g/mol. The van der Waals surface area contributed by atoms with Crippen LogP contribution in [0.15, 0.2) is 36.7 Å². The maximum Gasteiger partial charge on any atom is 0.307 e. The molecular formula is C17H22N4O3. The van der Waals surface area contributed by atoms with Crippen LogP contribution in [0.1, 0.15) is 44.9 Å². The van der Waals surface area contributed by atoms with Gasteiger partial charge in [-0.25, -0.2) is 0 Å². The number of benzene rings is 1. The summed E-state index contributed by atoms with van der Waals surface area (Å²) < 4.78 is 1.25. The van der Waals surface area contributed by atoms with Crippen LogP contribution in [0.5, 0.6) is 0 Å². The van der Waals surface area contributed by atoms with E-state index < -0.39 is 4.92 Å². The van der Waals surface area contributed by atoms with Gasteiger partial charge in [-0.15, -0.1) is 0 Å². The van der Waals surface area contributed by atoms with Gasteiger partial charge in [0.05, 0.1) is 11.0 Å². The molecule has 0 spiro atoms. The Bertz CT molecular complexity index is 729. The van der Waals surface area contributed by atoms with Crippen molar-refractivity contribution in [2.75, 3.05) is 0 Å². The minimum atomic E-state index is -0.541. The Morgan fingerprint density at radius 3 is 2.46 bits per heavy atom. The Kier molecular flexibility index (Phi) is 5.02. The van der Waals surface area contributed by atoms with Gasteiger partial charge in [-0.1, -0.05) is 45.0 Å². The lowest BCUT2D eigenvalue weighted by Crippen LogP contribution is -2.30. The lowest BCUT2D eigenvalue weighted by Gasteiger charge is -2.20. The van der Waals surface area contributed by atoms with Crippen molar-refractivity contribution < 1.29 is 9.72 Å². The van der Waals surface area contributed by atoms with Crippen LogP contribution in [0.3, 0.4) is 0 Å². The van der Waals surface area contributed by atoms with Crippen molar-refractivity contribution in [1.29, 1.82) is 0 Å². The molecule has 2 rings (SSSR count). The molecule has 0 aliphatic heterocycles. The molecule has 2 aromatic rings. The van der Waals surface area contributed by atoms with Crippen LogP contribution < -0.4 is 5.32 Å². The number of nitrogens with zero attached hydrogens (tertiary/aromatic N) is 3. The van der Waals surface area contributed by atoms with Gasteiger partial charge in [-0.05, 0) is 23.5 Å². The molecule has 0 bridgehead atoms. The highest BCUT2D eigenvalue weighted by atomic mass is 16.6. The summed E-state index contributed by atoms with van der Waals surface area (Å²) >= 11 is 0. The van der Waals surface area contributed by atoms with Gasteiger partial charge in [0, 0.05) is 0 Å². The standard InChI is InChI=1S/C17H22N4O3/c1-12(13-5-7-14(8-6-13)17(2,3)4)19-16(22)11-20-10-15(9-18-20)21(23)24/h5-10,12H,11H2,1-4H3,(H,19,22)/t12-/m1/s1. The van der Waals surface area contributed by atoms with Crippen LogP contribution in [0.2, 0.25) is 0 Å². The Labute approximate surface area is 140 Å². The second-order valence-electron chi connectivity index (χ2n) is 6.81. The van der Waals surface area contributed by atoms with Crippen LogP contribution in [-0.4, -0.2) is 20.6 Å². The first kappa shape index (κ1) is 17.7. The second kappa shape index (κ2) is 6.82.